The first kappa shape index (κ1) is 25.6. The molecule has 31 heavy (non-hydrogen) atoms. The first-order valence-corrected chi connectivity index (χ1v) is 12.5. The minimum atomic E-state index is -3.16. The lowest BCUT2D eigenvalue weighted by atomic mass is 9.79. The number of sulfonamides is 1. The summed E-state index contributed by atoms with van der Waals surface area (Å²) < 4.78 is 26.4. The number of carbonyl (C=O) groups is 1. The molecule has 0 spiro atoms. The van der Waals surface area contributed by atoms with Crippen molar-refractivity contribution in [3.8, 4) is 6.07 Å². The molecule has 0 bridgehead atoms. The largest absolute Gasteiger partial charge is 0.350 e. The second-order valence-corrected chi connectivity index (χ2v) is 10.4. The molecule has 172 valence electrons. The maximum Gasteiger partial charge on any atom is 0.251 e. The van der Waals surface area contributed by atoms with Crippen LogP contribution in [0.5, 0.6) is 0 Å². The first-order chi connectivity index (χ1) is 14.4. The number of nitrogens with one attached hydrogen (secondary N) is 1. The van der Waals surface area contributed by atoms with Crippen molar-refractivity contribution in [3.63, 3.8) is 0 Å². The van der Waals surface area contributed by atoms with Crippen LogP contribution in [0.15, 0.2) is 24.3 Å². The number of halogens is 1. The van der Waals surface area contributed by atoms with E-state index in [1.165, 1.54) is 6.42 Å². The number of carbonyl (C=O) groups excluding carboxylic acids is 1. The van der Waals surface area contributed by atoms with Crippen LogP contribution in [-0.4, -0.2) is 67.5 Å². The van der Waals surface area contributed by atoms with Crippen molar-refractivity contribution in [2.45, 2.75) is 51.0 Å². The van der Waals surface area contributed by atoms with E-state index in [1.807, 2.05) is 6.92 Å². The predicted octanol–water partition coefficient (Wildman–Crippen LogP) is 2.77. The molecule has 1 saturated carbocycles. The van der Waals surface area contributed by atoms with Crippen molar-refractivity contribution in [2.24, 2.45) is 0 Å². The average Bonchev–Trinajstić information content (AvgIpc) is 2.78. The van der Waals surface area contributed by atoms with Crippen molar-refractivity contribution in [1.29, 1.82) is 5.26 Å². The molecule has 2 aliphatic rings. The summed E-state index contributed by atoms with van der Waals surface area (Å²) in [5.41, 5.74) is 0.975. The summed E-state index contributed by atoms with van der Waals surface area (Å²) in [6.45, 7) is 4.90. The molecule has 0 aromatic heterocycles. The van der Waals surface area contributed by atoms with Gasteiger partial charge >= 0.3 is 0 Å². The Morgan fingerprint density at radius 3 is 2.26 bits per heavy atom. The van der Waals surface area contributed by atoms with Gasteiger partial charge < -0.3 is 5.32 Å². The van der Waals surface area contributed by atoms with Gasteiger partial charge in [-0.15, -0.1) is 12.4 Å². The summed E-state index contributed by atoms with van der Waals surface area (Å²) in [4.78, 5) is 15.1. The van der Waals surface area contributed by atoms with Crippen LogP contribution in [0.2, 0.25) is 0 Å². The van der Waals surface area contributed by atoms with E-state index in [0.29, 0.717) is 50.3 Å². The number of benzene rings is 1. The molecule has 9 heteroatoms. The lowest BCUT2D eigenvalue weighted by molar-refractivity contribution is 0.0240. The number of rotatable bonds is 7. The molecule has 1 aromatic rings. The summed E-state index contributed by atoms with van der Waals surface area (Å²) in [5.74, 6) is 0.0762. The molecule has 1 amide bonds. The molecule has 0 atom stereocenters. The zero-order chi connectivity index (χ0) is 21.6. The van der Waals surface area contributed by atoms with E-state index in [0.717, 1.165) is 25.7 Å². The highest BCUT2D eigenvalue weighted by molar-refractivity contribution is 7.89. The van der Waals surface area contributed by atoms with Crippen LogP contribution in [0.4, 0.5) is 0 Å². The standard InChI is InChI=1S/C22H32N4O3S.ClH/c1-2-16-30(28,29)26-14-12-25(13-15-26)22(10-4-3-5-11-22)18-24-21(27)20-8-6-19(17-23)7-9-20;/h6-9H,2-5,10-16,18H2,1H3,(H,24,27);1H. The molecule has 0 unspecified atom stereocenters. The Kier molecular flexibility index (Phi) is 9.31. The van der Waals surface area contributed by atoms with Crippen LogP contribution in [-0.2, 0) is 10.0 Å². The van der Waals surface area contributed by atoms with Crippen LogP contribution >= 0.6 is 12.4 Å². The van der Waals surface area contributed by atoms with E-state index >= 15 is 0 Å². The van der Waals surface area contributed by atoms with E-state index in [4.69, 9.17) is 5.26 Å². The highest BCUT2D eigenvalue weighted by Gasteiger charge is 2.40. The highest BCUT2D eigenvalue weighted by atomic mass is 35.5. The topological polar surface area (TPSA) is 93.5 Å². The predicted molar refractivity (Wildman–Crippen MR) is 124 cm³/mol. The molecular weight excluding hydrogens is 436 g/mol. The number of amides is 1. The highest BCUT2D eigenvalue weighted by Crippen LogP contribution is 2.34. The van der Waals surface area contributed by atoms with Gasteiger partial charge in [-0.2, -0.15) is 9.57 Å². The third-order valence-corrected chi connectivity index (χ3v) is 8.48. The van der Waals surface area contributed by atoms with E-state index in [9.17, 15) is 13.2 Å². The van der Waals surface area contributed by atoms with Crippen molar-refractivity contribution >= 4 is 28.3 Å². The van der Waals surface area contributed by atoms with E-state index < -0.39 is 10.0 Å². The average molecular weight is 469 g/mol. The fourth-order valence-corrected chi connectivity index (χ4v) is 6.18. The zero-order valence-corrected chi connectivity index (χ0v) is 19.8. The van der Waals surface area contributed by atoms with Gasteiger partial charge in [0.25, 0.3) is 5.91 Å². The lowest BCUT2D eigenvalue weighted by Gasteiger charge is -2.49. The summed E-state index contributed by atoms with van der Waals surface area (Å²) in [5, 5.41) is 12.0. The fourth-order valence-electron chi connectivity index (χ4n) is 4.69. The van der Waals surface area contributed by atoms with Crippen molar-refractivity contribution in [2.75, 3.05) is 38.5 Å². The SMILES string of the molecule is CCCS(=O)(=O)N1CCN(C2(CNC(=O)c3ccc(C#N)cc3)CCCCC2)CC1.Cl. The third kappa shape index (κ3) is 6.19. The molecule has 1 saturated heterocycles. The minimum absolute atomic E-state index is 0. The smallest absolute Gasteiger partial charge is 0.251 e. The van der Waals surface area contributed by atoms with Crippen molar-refractivity contribution in [3.05, 3.63) is 35.4 Å². The van der Waals surface area contributed by atoms with Gasteiger partial charge in [0.15, 0.2) is 0 Å². The van der Waals surface area contributed by atoms with Gasteiger partial charge in [0.2, 0.25) is 10.0 Å². The summed E-state index contributed by atoms with van der Waals surface area (Å²) in [6, 6.07) is 8.73. The van der Waals surface area contributed by atoms with E-state index in [2.05, 4.69) is 16.3 Å². The lowest BCUT2D eigenvalue weighted by Crippen LogP contribution is -2.62. The van der Waals surface area contributed by atoms with Crippen LogP contribution in [0.3, 0.4) is 0 Å². The summed E-state index contributed by atoms with van der Waals surface area (Å²) in [6.07, 6.45) is 6.12. The van der Waals surface area contributed by atoms with E-state index in [-0.39, 0.29) is 29.6 Å². The van der Waals surface area contributed by atoms with Gasteiger partial charge in [0.1, 0.15) is 0 Å². The van der Waals surface area contributed by atoms with Gasteiger partial charge in [0.05, 0.1) is 17.4 Å². The molecule has 2 fully saturated rings. The number of hydrogen-bond donors (Lipinski definition) is 1. The molecule has 3 rings (SSSR count). The fraction of sp³-hybridized carbons (Fsp3) is 0.636. The number of nitrogens with zero attached hydrogens (tertiary/aromatic N) is 3. The van der Waals surface area contributed by atoms with Crippen LogP contribution in [0.1, 0.15) is 61.4 Å². The molecule has 1 N–H and O–H groups in total. The minimum Gasteiger partial charge on any atom is -0.350 e. The van der Waals surface area contributed by atoms with Gasteiger partial charge in [-0.05, 0) is 43.5 Å². The molecule has 0 radical (unpaired) electrons. The Bertz CT molecular complexity index is 869. The Labute approximate surface area is 192 Å². The quantitative estimate of drug-likeness (QED) is 0.664. The molecule has 1 heterocycles. The van der Waals surface area contributed by atoms with Crippen molar-refractivity contribution in [1.82, 2.24) is 14.5 Å². The van der Waals surface area contributed by atoms with Gasteiger partial charge in [-0.1, -0.05) is 26.2 Å². The number of nitriles is 1. The van der Waals surface area contributed by atoms with Gasteiger partial charge in [0, 0.05) is 43.8 Å². The summed E-state index contributed by atoms with van der Waals surface area (Å²) in [7, 11) is -3.16. The second kappa shape index (κ2) is 11.3. The van der Waals surface area contributed by atoms with E-state index in [1.54, 1.807) is 28.6 Å². The Morgan fingerprint density at radius 1 is 1.10 bits per heavy atom. The maximum absolute atomic E-state index is 12.7. The third-order valence-electron chi connectivity index (χ3n) is 6.40. The Balaban J connectivity index is 0.00000341. The second-order valence-electron chi connectivity index (χ2n) is 8.36. The van der Waals surface area contributed by atoms with Crippen LogP contribution < -0.4 is 5.32 Å². The molecule has 1 aromatic carbocycles. The maximum atomic E-state index is 12.7. The zero-order valence-electron chi connectivity index (χ0n) is 18.2. The van der Waals surface area contributed by atoms with Crippen molar-refractivity contribution < 1.29 is 13.2 Å². The first-order valence-electron chi connectivity index (χ1n) is 10.9. The Hall–Kier alpha value is -1.66. The molecular formula is C22H33ClN4O3S. The summed E-state index contributed by atoms with van der Waals surface area (Å²) >= 11 is 0. The van der Waals surface area contributed by atoms with Crippen LogP contribution in [0.25, 0.3) is 0 Å². The number of piperazine rings is 1. The Morgan fingerprint density at radius 2 is 1.71 bits per heavy atom. The van der Waals surface area contributed by atoms with Gasteiger partial charge in [-0.3, -0.25) is 9.69 Å². The molecule has 7 nitrogen and oxygen atoms in total. The van der Waals surface area contributed by atoms with Crippen LogP contribution in [0, 0.1) is 11.3 Å². The molecule has 1 aliphatic heterocycles. The van der Waals surface area contributed by atoms with Gasteiger partial charge in [-0.25, -0.2) is 8.42 Å². The number of hydrogen-bond acceptors (Lipinski definition) is 5. The normalized spacial score (nSPS) is 19.7. The monoisotopic (exact) mass is 468 g/mol. The molecule has 1 aliphatic carbocycles.